The topological polar surface area (TPSA) is 55.1 Å². The number of thiophene rings is 1. The van der Waals surface area contributed by atoms with Crippen LogP contribution in [0.2, 0.25) is 0 Å². The number of nitrogens with one attached hydrogen (secondary N) is 1. The van der Waals surface area contributed by atoms with Gasteiger partial charge in [-0.25, -0.2) is 0 Å². The van der Waals surface area contributed by atoms with E-state index in [1.807, 2.05) is 11.4 Å². The Bertz CT molecular complexity index is 333. The fraction of sp³-hybridized carbons (Fsp3) is 0.583. The van der Waals surface area contributed by atoms with Crippen LogP contribution in [0.25, 0.3) is 0 Å². The van der Waals surface area contributed by atoms with E-state index in [2.05, 4.69) is 11.4 Å². The van der Waals surface area contributed by atoms with Gasteiger partial charge >= 0.3 is 0 Å². The first-order chi connectivity index (χ1) is 7.79. The van der Waals surface area contributed by atoms with Crippen LogP contribution >= 0.6 is 11.3 Å². The molecule has 1 atom stereocenters. The van der Waals surface area contributed by atoms with Crippen molar-refractivity contribution in [2.75, 3.05) is 6.54 Å². The SMILES string of the molecule is NCC(NC(=O)CCc1cccs1)C1CC1. The molecule has 3 N–H and O–H groups in total. The van der Waals surface area contributed by atoms with Gasteiger partial charge in [-0.1, -0.05) is 6.07 Å². The van der Waals surface area contributed by atoms with Gasteiger partial charge < -0.3 is 11.1 Å². The summed E-state index contributed by atoms with van der Waals surface area (Å²) in [6, 6.07) is 4.29. The maximum Gasteiger partial charge on any atom is 0.220 e. The van der Waals surface area contributed by atoms with Gasteiger partial charge in [-0.15, -0.1) is 11.3 Å². The third-order valence-corrected chi connectivity index (χ3v) is 3.91. The summed E-state index contributed by atoms with van der Waals surface area (Å²) in [4.78, 5) is 12.9. The van der Waals surface area contributed by atoms with Crippen LogP contribution in [-0.2, 0) is 11.2 Å². The van der Waals surface area contributed by atoms with Crippen LogP contribution in [0.5, 0.6) is 0 Å². The standard InChI is InChI=1S/C12H18N2OS/c13-8-11(9-3-4-9)14-12(15)6-5-10-2-1-7-16-10/h1-2,7,9,11H,3-6,8,13H2,(H,14,15). The Morgan fingerprint density at radius 1 is 1.62 bits per heavy atom. The lowest BCUT2D eigenvalue weighted by Gasteiger charge is -2.15. The van der Waals surface area contributed by atoms with E-state index in [1.165, 1.54) is 17.7 Å². The van der Waals surface area contributed by atoms with E-state index >= 15 is 0 Å². The number of nitrogens with two attached hydrogens (primary N) is 1. The first-order valence-electron chi connectivity index (χ1n) is 5.81. The molecule has 0 radical (unpaired) electrons. The first kappa shape index (κ1) is 11.6. The lowest BCUT2D eigenvalue weighted by Crippen LogP contribution is -2.41. The highest BCUT2D eigenvalue weighted by Crippen LogP contribution is 2.32. The van der Waals surface area contributed by atoms with Gasteiger partial charge in [0.1, 0.15) is 0 Å². The molecule has 0 bridgehead atoms. The molecule has 1 amide bonds. The van der Waals surface area contributed by atoms with Gasteiger partial charge in [-0.2, -0.15) is 0 Å². The van der Waals surface area contributed by atoms with Crippen molar-refractivity contribution < 1.29 is 4.79 Å². The fourth-order valence-corrected chi connectivity index (χ4v) is 2.55. The monoisotopic (exact) mass is 238 g/mol. The van der Waals surface area contributed by atoms with Gasteiger partial charge in [0, 0.05) is 23.9 Å². The molecule has 0 saturated heterocycles. The Morgan fingerprint density at radius 2 is 2.44 bits per heavy atom. The number of aryl methyl sites for hydroxylation is 1. The van der Waals surface area contributed by atoms with Gasteiger partial charge in [-0.05, 0) is 36.6 Å². The molecular formula is C12H18N2OS. The van der Waals surface area contributed by atoms with E-state index < -0.39 is 0 Å². The number of rotatable bonds is 6. The molecule has 1 saturated carbocycles. The number of carbonyl (C=O) groups is 1. The third kappa shape index (κ3) is 3.32. The Morgan fingerprint density at radius 3 is 3.00 bits per heavy atom. The van der Waals surface area contributed by atoms with Crippen molar-refractivity contribution in [1.82, 2.24) is 5.32 Å². The van der Waals surface area contributed by atoms with E-state index in [4.69, 9.17) is 5.73 Å². The molecule has 1 aliphatic rings. The maximum absolute atomic E-state index is 11.7. The third-order valence-electron chi connectivity index (χ3n) is 2.97. The molecule has 3 nitrogen and oxygen atoms in total. The summed E-state index contributed by atoms with van der Waals surface area (Å²) in [7, 11) is 0. The largest absolute Gasteiger partial charge is 0.352 e. The highest BCUT2D eigenvalue weighted by molar-refractivity contribution is 7.09. The predicted octanol–water partition coefficient (Wildman–Crippen LogP) is 1.53. The van der Waals surface area contributed by atoms with Gasteiger partial charge in [-0.3, -0.25) is 4.79 Å². The quantitative estimate of drug-likeness (QED) is 0.789. The summed E-state index contributed by atoms with van der Waals surface area (Å²) >= 11 is 1.70. The Kier molecular flexibility index (Phi) is 3.96. The van der Waals surface area contributed by atoms with Crippen molar-refractivity contribution in [2.45, 2.75) is 31.7 Å². The van der Waals surface area contributed by atoms with E-state index in [9.17, 15) is 4.79 Å². The van der Waals surface area contributed by atoms with Crippen molar-refractivity contribution in [2.24, 2.45) is 11.7 Å². The van der Waals surface area contributed by atoms with E-state index in [0.29, 0.717) is 18.9 Å². The minimum atomic E-state index is 0.135. The van der Waals surface area contributed by atoms with Crippen LogP contribution in [0.3, 0.4) is 0 Å². The van der Waals surface area contributed by atoms with E-state index in [0.717, 1.165) is 6.42 Å². The summed E-state index contributed by atoms with van der Waals surface area (Å²) in [5.41, 5.74) is 5.64. The maximum atomic E-state index is 11.7. The Labute approximate surface area is 100 Å². The summed E-state index contributed by atoms with van der Waals surface area (Å²) in [6.07, 6.45) is 3.84. The zero-order valence-electron chi connectivity index (χ0n) is 9.32. The van der Waals surface area contributed by atoms with Crippen molar-refractivity contribution in [3.63, 3.8) is 0 Å². The molecule has 4 heteroatoms. The van der Waals surface area contributed by atoms with Gasteiger partial charge in [0.05, 0.1) is 0 Å². The highest BCUT2D eigenvalue weighted by atomic mass is 32.1. The second-order valence-corrected chi connectivity index (χ2v) is 5.36. The molecule has 0 aromatic carbocycles. The Balaban J connectivity index is 1.71. The summed E-state index contributed by atoms with van der Waals surface area (Å²) in [5.74, 6) is 0.770. The molecular weight excluding hydrogens is 220 g/mol. The smallest absolute Gasteiger partial charge is 0.220 e. The molecule has 0 spiro atoms. The van der Waals surface area contributed by atoms with Crippen LogP contribution in [0.15, 0.2) is 17.5 Å². The lowest BCUT2D eigenvalue weighted by molar-refractivity contribution is -0.121. The van der Waals surface area contributed by atoms with E-state index in [1.54, 1.807) is 11.3 Å². The number of carbonyl (C=O) groups excluding carboxylic acids is 1. The van der Waals surface area contributed by atoms with Crippen LogP contribution in [0.4, 0.5) is 0 Å². The first-order valence-corrected chi connectivity index (χ1v) is 6.69. The molecule has 1 unspecified atom stereocenters. The minimum absolute atomic E-state index is 0.135. The zero-order valence-corrected chi connectivity index (χ0v) is 10.1. The molecule has 1 aromatic heterocycles. The summed E-state index contributed by atoms with van der Waals surface area (Å²) in [5, 5.41) is 5.07. The predicted molar refractivity (Wildman–Crippen MR) is 66.3 cm³/mol. The van der Waals surface area contributed by atoms with Crippen molar-refractivity contribution in [3.05, 3.63) is 22.4 Å². The molecule has 88 valence electrons. The van der Waals surface area contributed by atoms with Crippen molar-refractivity contribution >= 4 is 17.2 Å². The highest BCUT2D eigenvalue weighted by Gasteiger charge is 2.30. The zero-order chi connectivity index (χ0) is 11.4. The van der Waals surface area contributed by atoms with Gasteiger partial charge in [0.15, 0.2) is 0 Å². The van der Waals surface area contributed by atoms with Crippen LogP contribution in [0, 0.1) is 5.92 Å². The van der Waals surface area contributed by atoms with Crippen LogP contribution < -0.4 is 11.1 Å². The number of amides is 1. The summed E-state index contributed by atoms with van der Waals surface area (Å²) < 4.78 is 0. The van der Waals surface area contributed by atoms with Gasteiger partial charge in [0.25, 0.3) is 0 Å². The fourth-order valence-electron chi connectivity index (χ4n) is 1.84. The molecule has 16 heavy (non-hydrogen) atoms. The van der Waals surface area contributed by atoms with E-state index in [-0.39, 0.29) is 11.9 Å². The normalized spacial score (nSPS) is 17.1. The number of hydrogen-bond acceptors (Lipinski definition) is 3. The molecule has 1 aliphatic carbocycles. The average molecular weight is 238 g/mol. The second kappa shape index (κ2) is 5.46. The lowest BCUT2D eigenvalue weighted by atomic mass is 10.1. The average Bonchev–Trinajstić information content (AvgIpc) is 3.00. The molecule has 1 fully saturated rings. The minimum Gasteiger partial charge on any atom is -0.352 e. The van der Waals surface area contributed by atoms with Gasteiger partial charge in [0.2, 0.25) is 5.91 Å². The Hall–Kier alpha value is -0.870. The second-order valence-electron chi connectivity index (χ2n) is 4.33. The molecule has 1 heterocycles. The van der Waals surface area contributed by atoms with Crippen LogP contribution in [-0.4, -0.2) is 18.5 Å². The molecule has 2 rings (SSSR count). The van der Waals surface area contributed by atoms with Crippen LogP contribution in [0.1, 0.15) is 24.1 Å². The molecule has 1 aromatic rings. The number of hydrogen-bond donors (Lipinski definition) is 2. The van der Waals surface area contributed by atoms with Crippen molar-refractivity contribution in [1.29, 1.82) is 0 Å². The summed E-state index contributed by atoms with van der Waals surface area (Å²) in [6.45, 7) is 0.565. The molecule has 0 aliphatic heterocycles. The van der Waals surface area contributed by atoms with Crippen molar-refractivity contribution in [3.8, 4) is 0 Å².